The van der Waals surface area contributed by atoms with Crippen molar-refractivity contribution in [2.75, 3.05) is 18.0 Å². The Labute approximate surface area is 148 Å². The standard InChI is InChI=1S/C20H25N3O2/c1-14-4-2-3-5-19(14)25-17-6-8-23(9-7-17)20-12-18(21-13-22-20)15-10-16(24)11-15/h2-5,12-13,15-17,24H,6-11H2,1H3. The summed E-state index contributed by atoms with van der Waals surface area (Å²) in [5.41, 5.74) is 2.25. The first-order valence-corrected chi connectivity index (χ1v) is 9.16. The Morgan fingerprint density at radius 2 is 1.88 bits per heavy atom. The number of benzene rings is 1. The van der Waals surface area contributed by atoms with E-state index >= 15 is 0 Å². The van der Waals surface area contributed by atoms with Crippen molar-refractivity contribution >= 4 is 5.82 Å². The van der Waals surface area contributed by atoms with Crippen molar-refractivity contribution in [1.29, 1.82) is 0 Å². The Balaban J connectivity index is 1.36. The van der Waals surface area contributed by atoms with E-state index < -0.39 is 0 Å². The van der Waals surface area contributed by atoms with Gasteiger partial charge in [-0.1, -0.05) is 18.2 Å². The average molecular weight is 339 g/mol. The van der Waals surface area contributed by atoms with Crippen LogP contribution in [-0.4, -0.2) is 40.4 Å². The third kappa shape index (κ3) is 3.61. The van der Waals surface area contributed by atoms with Crippen LogP contribution in [0.25, 0.3) is 0 Å². The molecule has 5 heteroatoms. The van der Waals surface area contributed by atoms with Gasteiger partial charge in [0.15, 0.2) is 0 Å². The molecule has 1 N–H and O–H groups in total. The number of anilines is 1. The number of aryl methyl sites for hydroxylation is 1. The van der Waals surface area contributed by atoms with Crippen molar-refractivity contribution in [1.82, 2.24) is 9.97 Å². The van der Waals surface area contributed by atoms with Crippen molar-refractivity contribution in [2.24, 2.45) is 0 Å². The molecule has 2 heterocycles. The molecule has 1 aromatic carbocycles. The zero-order valence-corrected chi connectivity index (χ0v) is 14.6. The second-order valence-corrected chi connectivity index (χ2v) is 7.19. The molecule has 2 fully saturated rings. The van der Waals surface area contributed by atoms with Crippen LogP contribution in [0.5, 0.6) is 5.75 Å². The van der Waals surface area contributed by atoms with Crippen molar-refractivity contribution < 1.29 is 9.84 Å². The van der Waals surface area contributed by atoms with Crippen LogP contribution in [0.2, 0.25) is 0 Å². The van der Waals surface area contributed by atoms with Gasteiger partial charge in [-0.3, -0.25) is 0 Å². The number of rotatable bonds is 4. The van der Waals surface area contributed by atoms with E-state index in [1.807, 2.05) is 18.2 Å². The van der Waals surface area contributed by atoms with Crippen molar-refractivity contribution in [2.45, 2.75) is 50.7 Å². The Bertz CT molecular complexity index is 722. The number of piperidine rings is 1. The van der Waals surface area contributed by atoms with E-state index in [2.05, 4.69) is 33.9 Å². The van der Waals surface area contributed by atoms with E-state index in [9.17, 15) is 5.11 Å². The van der Waals surface area contributed by atoms with E-state index in [-0.39, 0.29) is 12.2 Å². The monoisotopic (exact) mass is 339 g/mol. The molecule has 1 aromatic heterocycles. The Kier molecular flexibility index (Phi) is 4.57. The van der Waals surface area contributed by atoms with Gasteiger partial charge < -0.3 is 14.7 Å². The average Bonchev–Trinajstić information content (AvgIpc) is 2.62. The predicted molar refractivity (Wildman–Crippen MR) is 97.1 cm³/mol. The molecule has 1 saturated heterocycles. The summed E-state index contributed by atoms with van der Waals surface area (Å²) in [5.74, 6) is 2.38. The predicted octanol–water partition coefficient (Wildman–Crippen LogP) is 3.07. The van der Waals surface area contributed by atoms with Crippen LogP contribution in [0, 0.1) is 6.92 Å². The number of ether oxygens (including phenoxy) is 1. The van der Waals surface area contributed by atoms with Crippen molar-refractivity contribution in [3.63, 3.8) is 0 Å². The minimum atomic E-state index is -0.155. The molecule has 1 saturated carbocycles. The summed E-state index contributed by atoms with van der Waals surface area (Å²) in [7, 11) is 0. The summed E-state index contributed by atoms with van der Waals surface area (Å²) in [6.07, 6.45) is 5.40. The molecule has 1 aliphatic carbocycles. The molecule has 4 rings (SSSR count). The number of aliphatic hydroxyl groups excluding tert-OH is 1. The third-order valence-electron chi connectivity index (χ3n) is 5.36. The first-order valence-electron chi connectivity index (χ1n) is 9.16. The zero-order valence-electron chi connectivity index (χ0n) is 14.6. The van der Waals surface area contributed by atoms with Gasteiger partial charge in [-0.05, 0) is 31.4 Å². The van der Waals surface area contributed by atoms with Crippen LogP contribution in [-0.2, 0) is 0 Å². The quantitative estimate of drug-likeness (QED) is 0.928. The Hall–Kier alpha value is -2.14. The van der Waals surface area contributed by atoms with E-state index in [1.165, 1.54) is 5.56 Å². The molecule has 2 aliphatic rings. The normalized spacial score (nSPS) is 24.0. The van der Waals surface area contributed by atoms with Gasteiger partial charge in [0.25, 0.3) is 0 Å². The van der Waals surface area contributed by atoms with Gasteiger partial charge in [0, 0.05) is 43.6 Å². The molecule has 0 radical (unpaired) electrons. The van der Waals surface area contributed by atoms with Crippen molar-refractivity contribution in [3.05, 3.63) is 47.9 Å². The summed E-state index contributed by atoms with van der Waals surface area (Å²) in [6, 6.07) is 10.3. The molecule has 2 aromatic rings. The van der Waals surface area contributed by atoms with Gasteiger partial charge in [0.1, 0.15) is 24.0 Å². The number of nitrogens with zero attached hydrogens (tertiary/aromatic N) is 3. The molecule has 25 heavy (non-hydrogen) atoms. The van der Waals surface area contributed by atoms with Gasteiger partial charge in [-0.25, -0.2) is 9.97 Å². The van der Waals surface area contributed by atoms with E-state index in [0.29, 0.717) is 5.92 Å². The molecule has 0 atom stereocenters. The van der Waals surface area contributed by atoms with Crippen LogP contribution in [0.3, 0.4) is 0 Å². The summed E-state index contributed by atoms with van der Waals surface area (Å²) in [4.78, 5) is 11.2. The lowest BCUT2D eigenvalue weighted by Gasteiger charge is -2.34. The van der Waals surface area contributed by atoms with Crippen LogP contribution in [0.4, 0.5) is 5.82 Å². The SMILES string of the molecule is Cc1ccccc1OC1CCN(c2cc(C3CC(O)C3)ncn2)CC1. The number of hydrogen-bond acceptors (Lipinski definition) is 5. The fourth-order valence-corrected chi connectivity index (χ4v) is 3.66. The highest BCUT2D eigenvalue weighted by atomic mass is 16.5. The third-order valence-corrected chi connectivity index (χ3v) is 5.36. The highest BCUT2D eigenvalue weighted by Crippen LogP contribution is 2.36. The largest absolute Gasteiger partial charge is 0.490 e. The molecule has 0 amide bonds. The molecule has 132 valence electrons. The van der Waals surface area contributed by atoms with Gasteiger partial charge in [0.05, 0.1) is 6.10 Å². The molecule has 5 nitrogen and oxygen atoms in total. The second-order valence-electron chi connectivity index (χ2n) is 7.19. The maximum Gasteiger partial charge on any atom is 0.132 e. The second kappa shape index (κ2) is 7.00. The van der Waals surface area contributed by atoms with Gasteiger partial charge in [0.2, 0.25) is 0 Å². The number of aromatic nitrogens is 2. The lowest BCUT2D eigenvalue weighted by Crippen LogP contribution is -2.39. The summed E-state index contributed by atoms with van der Waals surface area (Å²) < 4.78 is 6.18. The van der Waals surface area contributed by atoms with Crippen LogP contribution < -0.4 is 9.64 Å². The minimum absolute atomic E-state index is 0.155. The lowest BCUT2D eigenvalue weighted by atomic mass is 9.80. The Morgan fingerprint density at radius 3 is 2.60 bits per heavy atom. The smallest absolute Gasteiger partial charge is 0.132 e. The van der Waals surface area contributed by atoms with Crippen molar-refractivity contribution in [3.8, 4) is 5.75 Å². The highest BCUT2D eigenvalue weighted by molar-refractivity contribution is 5.41. The van der Waals surface area contributed by atoms with Gasteiger partial charge in [-0.15, -0.1) is 0 Å². The summed E-state index contributed by atoms with van der Waals surface area (Å²) in [5, 5.41) is 9.50. The highest BCUT2D eigenvalue weighted by Gasteiger charge is 2.30. The summed E-state index contributed by atoms with van der Waals surface area (Å²) in [6.45, 7) is 3.98. The Morgan fingerprint density at radius 1 is 1.12 bits per heavy atom. The van der Waals surface area contributed by atoms with E-state index in [4.69, 9.17) is 4.74 Å². The maximum atomic E-state index is 9.50. The number of para-hydroxylation sites is 1. The maximum absolute atomic E-state index is 9.50. The fraction of sp³-hybridized carbons (Fsp3) is 0.500. The fourth-order valence-electron chi connectivity index (χ4n) is 3.66. The number of hydrogen-bond donors (Lipinski definition) is 1. The van der Waals surface area contributed by atoms with Crippen LogP contribution in [0.1, 0.15) is 42.9 Å². The number of aliphatic hydroxyl groups is 1. The molecular formula is C20H25N3O2. The van der Waals surface area contributed by atoms with E-state index in [0.717, 1.165) is 56.0 Å². The zero-order chi connectivity index (χ0) is 17.2. The molecule has 0 unspecified atom stereocenters. The first kappa shape index (κ1) is 16.3. The molecule has 1 aliphatic heterocycles. The minimum Gasteiger partial charge on any atom is -0.490 e. The first-order chi connectivity index (χ1) is 12.2. The van der Waals surface area contributed by atoms with Gasteiger partial charge in [-0.2, -0.15) is 0 Å². The van der Waals surface area contributed by atoms with Crippen LogP contribution in [0.15, 0.2) is 36.7 Å². The molecular weight excluding hydrogens is 314 g/mol. The molecule has 0 spiro atoms. The van der Waals surface area contributed by atoms with E-state index in [1.54, 1.807) is 6.33 Å². The van der Waals surface area contributed by atoms with Crippen LogP contribution >= 0.6 is 0 Å². The lowest BCUT2D eigenvalue weighted by molar-refractivity contribution is 0.0732. The molecule has 0 bridgehead atoms. The summed E-state index contributed by atoms with van der Waals surface area (Å²) >= 11 is 0. The van der Waals surface area contributed by atoms with Gasteiger partial charge >= 0.3 is 0 Å². The topological polar surface area (TPSA) is 58.5 Å².